The van der Waals surface area contributed by atoms with E-state index in [1.165, 1.54) is 12.8 Å². The van der Waals surface area contributed by atoms with E-state index < -0.39 is 0 Å². The van der Waals surface area contributed by atoms with E-state index in [1.807, 2.05) is 0 Å². The lowest BCUT2D eigenvalue weighted by Gasteiger charge is -2.15. The van der Waals surface area contributed by atoms with Crippen molar-refractivity contribution in [2.75, 3.05) is 6.54 Å². The van der Waals surface area contributed by atoms with Gasteiger partial charge < -0.3 is 4.90 Å². The number of carbonyl (C=O) groups excluding carboxylic acids is 1. The molecule has 1 amide bonds. The Morgan fingerprint density at radius 2 is 2.42 bits per heavy atom. The van der Waals surface area contributed by atoms with E-state index in [1.54, 1.807) is 0 Å². The maximum absolute atomic E-state index is 11.5. The number of hydrogen-bond donors (Lipinski definition) is 0. The number of likely N-dealkylation sites (tertiary alicyclic amines) is 1. The molecule has 68 valence electrons. The molecule has 0 spiro atoms. The van der Waals surface area contributed by atoms with Crippen molar-refractivity contribution in [3.05, 3.63) is 0 Å². The van der Waals surface area contributed by atoms with Gasteiger partial charge in [0, 0.05) is 12.6 Å². The van der Waals surface area contributed by atoms with Gasteiger partial charge in [0.25, 0.3) is 0 Å². The minimum atomic E-state index is 0.107. The summed E-state index contributed by atoms with van der Waals surface area (Å²) in [6, 6.07) is 0.588. The smallest absolute Gasteiger partial charge is 0.236 e. The second kappa shape index (κ2) is 3.02. The molecular weight excluding hydrogens is 218 g/mol. The predicted molar refractivity (Wildman–Crippen MR) is 51.2 cm³/mol. The number of halogens is 1. The average Bonchev–Trinajstić information content (AvgIpc) is 2.77. The third kappa shape index (κ3) is 1.28. The summed E-state index contributed by atoms with van der Waals surface area (Å²) in [5.41, 5.74) is 0. The van der Waals surface area contributed by atoms with Crippen molar-refractivity contribution in [3.63, 3.8) is 0 Å². The quantitative estimate of drug-likeness (QED) is 0.664. The van der Waals surface area contributed by atoms with Gasteiger partial charge in [-0.2, -0.15) is 0 Å². The molecule has 1 saturated heterocycles. The van der Waals surface area contributed by atoms with Crippen LogP contribution in [-0.2, 0) is 4.79 Å². The lowest BCUT2D eigenvalue weighted by Crippen LogP contribution is -2.30. The number of rotatable bonds is 2. The van der Waals surface area contributed by atoms with Gasteiger partial charge in [-0.3, -0.25) is 4.79 Å². The molecule has 2 fully saturated rings. The van der Waals surface area contributed by atoms with Crippen LogP contribution in [0.1, 0.15) is 26.2 Å². The molecule has 1 aliphatic carbocycles. The minimum absolute atomic E-state index is 0.107. The molecule has 1 aliphatic heterocycles. The van der Waals surface area contributed by atoms with Gasteiger partial charge in [0.2, 0.25) is 5.91 Å². The summed E-state index contributed by atoms with van der Waals surface area (Å²) >= 11 is 3.39. The maximum Gasteiger partial charge on any atom is 0.236 e. The Kier molecular flexibility index (Phi) is 2.15. The first-order valence-corrected chi connectivity index (χ1v) is 5.60. The molecule has 0 N–H and O–H groups in total. The number of amides is 1. The summed E-state index contributed by atoms with van der Waals surface area (Å²) in [7, 11) is 0. The van der Waals surface area contributed by atoms with E-state index in [0.29, 0.717) is 11.9 Å². The van der Waals surface area contributed by atoms with Gasteiger partial charge >= 0.3 is 0 Å². The van der Waals surface area contributed by atoms with E-state index in [2.05, 4.69) is 27.8 Å². The standard InChI is InChI=1S/C9H14BrNO/c1-2-6-5-8(6)11-4-3-7(10)9(11)12/h6-8H,2-5H2,1H3. The molecule has 0 aromatic heterocycles. The van der Waals surface area contributed by atoms with Crippen LogP contribution in [0.2, 0.25) is 0 Å². The lowest BCUT2D eigenvalue weighted by molar-refractivity contribution is -0.127. The first-order valence-electron chi connectivity index (χ1n) is 4.68. The van der Waals surface area contributed by atoms with Gasteiger partial charge in [-0.1, -0.05) is 29.3 Å². The van der Waals surface area contributed by atoms with Gasteiger partial charge in [-0.15, -0.1) is 0 Å². The summed E-state index contributed by atoms with van der Waals surface area (Å²) in [4.78, 5) is 13.7. The van der Waals surface area contributed by atoms with E-state index in [-0.39, 0.29) is 4.83 Å². The monoisotopic (exact) mass is 231 g/mol. The average molecular weight is 232 g/mol. The number of hydrogen-bond acceptors (Lipinski definition) is 1. The van der Waals surface area contributed by atoms with Crippen LogP contribution in [0, 0.1) is 5.92 Å². The lowest BCUT2D eigenvalue weighted by atomic mass is 10.3. The van der Waals surface area contributed by atoms with Crippen LogP contribution in [0.5, 0.6) is 0 Å². The van der Waals surface area contributed by atoms with Crippen LogP contribution in [-0.4, -0.2) is 28.2 Å². The van der Waals surface area contributed by atoms with E-state index in [4.69, 9.17) is 0 Å². The van der Waals surface area contributed by atoms with Crippen LogP contribution in [0.3, 0.4) is 0 Å². The number of alkyl halides is 1. The van der Waals surface area contributed by atoms with Crippen LogP contribution >= 0.6 is 15.9 Å². The van der Waals surface area contributed by atoms with Crippen molar-refractivity contribution >= 4 is 21.8 Å². The van der Waals surface area contributed by atoms with Crippen molar-refractivity contribution in [2.45, 2.75) is 37.1 Å². The molecule has 2 aliphatic rings. The highest BCUT2D eigenvalue weighted by molar-refractivity contribution is 9.10. The third-order valence-electron chi connectivity index (χ3n) is 2.98. The summed E-state index contributed by atoms with van der Waals surface area (Å²) in [6.07, 6.45) is 3.45. The molecule has 12 heavy (non-hydrogen) atoms. The second-order valence-corrected chi connectivity index (χ2v) is 4.86. The Morgan fingerprint density at radius 3 is 2.83 bits per heavy atom. The maximum atomic E-state index is 11.5. The van der Waals surface area contributed by atoms with Crippen LogP contribution < -0.4 is 0 Å². The van der Waals surface area contributed by atoms with Gasteiger partial charge in [0.1, 0.15) is 0 Å². The molecule has 0 aromatic rings. The predicted octanol–water partition coefficient (Wildman–Crippen LogP) is 1.78. The summed E-state index contributed by atoms with van der Waals surface area (Å²) in [5.74, 6) is 1.11. The molecule has 2 rings (SSSR count). The molecule has 2 nitrogen and oxygen atoms in total. The highest BCUT2D eigenvalue weighted by Crippen LogP contribution is 2.40. The molecule has 0 bridgehead atoms. The van der Waals surface area contributed by atoms with Crippen LogP contribution in [0.25, 0.3) is 0 Å². The molecule has 0 radical (unpaired) electrons. The van der Waals surface area contributed by atoms with Crippen molar-refractivity contribution in [1.29, 1.82) is 0 Å². The summed E-state index contributed by atoms with van der Waals surface area (Å²) in [5, 5.41) is 0. The largest absolute Gasteiger partial charge is 0.338 e. The first-order chi connectivity index (χ1) is 5.74. The summed E-state index contributed by atoms with van der Waals surface area (Å²) in [6.45, 7) is 3.17. The fraction of sp³-hybridized carbons (Fsp3) is 0.889. The van der Waals surface area contributed by atoms with Gasteiger partial charge in [-0.05, 0) is 18.8 Å². The SMILES string of the molecule is CCC1CC1N1CCC(Br)C1=O. The topological polar surface area (TPSA) is 20.3 Å². The Hall–Kier alpha value is -0.0500. The van der Waals surface area contributed by atoms with Crippen molar-refractivity contribution in [1.82, 2.24) is 4.90 Å². The third-order valence-corrected chi connectivity index (χ3v) is 3.83. The van der Waals surface area contributed by atoms with Gasteiger partial charge in [-0.25, -0.2) is 0 Å². The Labute approximate surface area is 81.4 Å². The Bertz CT molecular complexity index is 207. The Balaban J connectivity index is 1.94. The molecule has 3 heteroatoms. The minimum Gasteiger partial charge on any atom is -0.338 e. The summed E-state index contributed by atoms with van der Waals surface area (Å²) < 4.78 is 0. The molecule has 0 aromatic carbocycles. The van der Waals surface area contributed by atoms with Crippen LogP contribution in [0.15, 0.2) is 0 Å². The van der Waals surface area contributed by atoms with E-state index >= 15 is 0 Å². The molecule has 3 unspecified atom stereocenters. The molecule has 3 atom stereocenters. The highest BCUT2D eigenvalue weighted by Gasteiger charge is 2.45. The highest BCUT2D eigenvalue weighted by atomic mass is 79.9. The molecule has 1 saturated carbocycles. The van der Waals surface area contributed by atoms with Crippen molar-refractivity contribution in [3.8, 4) is 0 Å². The first kappa shape index (κ1) is 8.54. The Morgan fingerprint density at radius 1 is 1.67 bits per heavy atom. The zero-order valence-corrected chi connectivity index (χ0v) is 8.88. The number of carbonyl (C=O) groups is 1. The van der Waals surface area contributed by atoms with Crippen molar-refractivity contribution < 1.29 is 4.79 Å². The number of nitrogens with zero attached hydrogens (tertiary/aromatic N) is 1. The van der Waals surface area contributed by atoms with Gasteiger partial charge in [0.15, 0.2) is 0 Å². The fourth-order valence-corrected chi connectivity index (χ4v) is 2.52. The van der Waals surface area contributed by atoms with Crippen molar-refractivity contribution in [2.24, 2.45) is 5.92 Å². The molecule has 1 heterocycles. The van der Waals surface area contributed by atoms with E-state index in [0.717, 1.165) is 18.9 Å². The zero-order chi connectivity index (χ0) is 8.72. The fourth-order valence-electron chi connectivity index (χ4n) is 2.05. The van der Waals surface area contributed by atoms with E-state index in [9.17, 15) is 4.79 Å². The van der Waals surface area contributed by atoms with Gasteiger partial charge in [0.05, 0.1) is 4.83 Å². The zero-order valence-electron chi connectivity index (χ0n) is 7.29. The van der Waals surface area contributed by atoms with Crippen LogP contribution in [0.4, 0.5) is 0 Å². The second-order valence-electron chi connectivity index (χ2n) is 3.76. The molecular formula is C9H14BrNO. The normalized spacial score (nSPS) is 40.7.